The Labute approximate surface area is 147 Å². The van der Waals surface area contributed by atoms with Crippen molar-refractivity contribution in [1.82, 2.24) is 15.0 Å². The Balaban J connectivity index is 2.16. The highest BCUT2D eigenvalue weighted by molar-refractivity contribution is 5.66. The van der Waals surface area contributed by atoms with E-state index in [0.717, 1.165) is 23.1 Å². The minimum atomic E-state index is 0.0683. The van der Waals surface area contributed by atoms with Gasteiger partial charge in [-0.3, -0.25) is 0 Å². The molecule has 0 spiro atoms. The molecule has 0 amide bonds. The lowest BCUT2D eigenvalue weighted by atomic mass is 10.1. The lowest BCUT2D eigenvalue weighted by Gasteiger charge is -2.10. The zero-order chi connectivity index (χ0) is 17.5. The summed E-state index contributed by atoms with van der Waals surface area (Å²) in [6.07, 6.45) is 3.46. The molecule has 0 atom stereocenters. The first-order chi connectivity index (χ1) is 12.3. The molecule has 0 saturated heterocycles. The van der Waals surface area contributed by atoms with Crippen molar-refractivity contribution in [3.05, 3.63) is 72.6 Å². The van der Waals surface area contributed by atoms with Crippen LogP contribution in [0.15, 0.2) is 66.7 Å². The van der Waals surface area contributed by atoms with Crippen LogP contribution in [0, 0.1) is 0 Å². The van der Waals surface area contributed by atoms with Gasteiger partial charge in [0.2, 0.25) is 0 Å². The van der Waals surface area contributed by atoms with Gasteiger partial charge in [-0.15, -0.1) is 0 Å². The van der Waals surface area contributed by atoms with Gasteiger partial charge in [-0.2, -0.15) is 0 Å². The average Bonchev–Trinajstić information content (AvgIpc) is 2.69. The van der Waals surface area contributed by atoms with E-state index >= 15 is 0 Å². The lowest BCUT2D eigenvalue weighted by molar-refractivity contribution is 0.304. The van der Waals surface area contributed by atoms with Gasteiger partial charge in [-0.1, -0.05) is 73.7 Å². The minimum Gasteiger partial charge on any atom is -0.396 e. The Kier molecular flexibility index (Phi) is 5.65. The van der Waals surface area contributed by atoms with Crippen LogP contribution in [-0.2, 0) is 0 Å². The third-order valence-corrected chi connectivity index (χ3v) is 3.82. The van der Waals surface area contributed by atoms with Crippen molar-refractivity contribution in [3.63, 3.8) is 0 Å². The van der Waals surface area contributed by atoms with E-state index < -0.39 is 0 Å². The Morgan fingerprint density at radius 3 is 1.80 bits per heavy atom. The van der Waals surface area contributed by atoms with E-state index in [4.69, 9.17) is 0 Å². The molecule has 1 heterocycles. The summed E-state index contributed by atoms with van der Waals surface area (Å²) in [4.78, 5) is 14.0. The molecule has 126 valence electrons. The lowest BCUT2D eigenvalue weighted by Crippen LogP contribution is -2.04. The second kappa shape index (κ2) is 8.31. The number of rotatable bonds is 6. The second-order valence-corrected chi connectivity index (χ2v) is 5.65. The SMILES string of the molecule is CC/C=C(\CCO)c1nc(-c2ccccc2)nc(-c2ccccc2)n1. The van der Waals surface area contributed by atoms with Gasteiger partial charge in [0, 0.05) is 17.7 Å². The second-order valence-electron chi connectivity index (χ2n) is 5.65. The summed E-state index contributed by atoms with van der Waals surface area (Å²) in [5.41, 5.74) is 2.84. The maximum atomic E-state index is 9.39. The first kappa shape index (κ1) is 17.0. The highest BCUT2D eigenvalue weighted by atomic mass is 16.3. The quantitative estimate of drug-likeness (QED) is 0.728. The van der Waals surface area contributed by atoms with Crippen molar-refractivity contribution in [2.75, 3.05) is 6.61 Å². The van der Waals surface area contributed by atoms with Crippen LogP contribution >= 0.6 is 0 Å². The Hall–Kier alpha value is -2.85. The molecule has 0 radical (unpaired) electrons. The number of allylic oxidation sites excluding steroid dienone is 1. The Morgan fingerprint density at radius 1 is 0.840 bits per heavy atom. The molecule has 0 aliphatic rings. The van der Waals surface area contributed by atoms with Crippen LogP contribution in [0.25, 0.3) is 28.3 Å². The predicted octanol–water partition coefficient (Wildman–Crippen LogP) is 4.38. The Morgan fingerprint density at radius 2 is 1.36 bits per heavy atom. The monoisotopic (exact) mass is 331 g/mol. The van der Waals surface area contributed by atoms with Gasteiger partial charge in [0.05, 0.1) is 0 Å². The number of aromatic nitrogens is 3. The molecule has 0 aliphatic heterocycles. The maximum Gasteiger partial charge on any atom is 0.164 e. The molecule has 0 aliphatic carbocycles. The van der Waals surface area contributed by atoms with Crippen molar-refractivity contribution < 1.29 is 5.11 Å². The molecule has 1 aromatic heterocycles. The fourth-order valence-corrected chi connectivity index (χ4v) is 2.62. The average molecular weight is 331 g/mol. The summed E-state index contributed by atoms with van der Waals surface area (Å²) in [6, 6.07) is 19.8. The van der Waals surface area contributed by atoms with Crippen molar-refractivity contribution in [3.8, 4) is 22.8 Å². The van der Waals surface area contributed by atoms with Crippen LogP contribution in [0.3, 0.4) is 0 Å². The molecule has 3 aromatic rings. The summed E-state index contributed by atoms with van der Waals surface area (Å²) in [5, 5.41) is 9.39. The van der Waals surface area contributed by atoms with Crippen molar-refractivity contribution in [2.24, 2.45) is 0 Å². The van der Waals surface area contributed by atoms with Crippen LogP contribution in [0.4, 0.5) is 0 Å². The molecule has 3 rings (SSSR count). The maximum absolute atomic E-state index is 9.39. The van der Waals surface area contributed by atoms with E-state index in [2.05, 4.69) is 28.0 Å². The zero-order valence-electron chi connectivity index (χ0n) is 14.3. The summed E-state index contributed by atoms with van der Waals surface area (Å²) in [5.74, 6) is 1.91. The number of benzene rings is 2. The van der Waals surface area contributed by atoms with Crippen LogP contribution in [0.2, 0.25) is 0 Å². The first-order valence-corrected chi connectivity index (χ1v) is 8.49. The van der Waals surface area contributed by atoms with Gasteiger partial charge in [0.1, 0.15) is 0 Å². The van der Waals surface area contributed by atoms with Gasteiger partial charge in [0.15, 0.2) is 17.5 Å². The number of nitrogens with zero attached hydrogens (tertiary/aromatic N) is 3. The minimum absolute atomic E-state index is 0.0683. The van der Waals surface area contributed by atoms with Crippen LogP contribution in [0.5, 0.6) is 0 Å². The molecule has 25 heavy (non-hydrogen) atoms. The van der Waals surface area contributed by atoms with E-state index in [-0.39, 0.29) is 6.61 Å². The molecular weight excluding hydrogens is 310 g/mol. The smallest absolute Gasteiger partial charge is 0.164 e. The highest BCUT2D eigenvalue weighted by Crippen LogP contribution is 2.23. The van der Waals surface area contributed by atoms with E-state index in [0.29, 0.717) is 23.9 Å². The van der Waals surface area contributed by atoms with Crippen LogP contribution < -0.4 is 0 Å². The van der Waals surface area contributed by atoms with Gasteiger partial charge in [-0.25, -0.2) is 15.0 Å². The van der Waals surface area contributed by atoms with E-state index in [1.807, 2.05) is 60.7 Å². The fourth-order valence-electron chi connectivity index (χ4n) is 2.62. The van der Waals surface area contributed by atoms with Crippen LogP contribution in [-0.4, -0.2) is 26.7 Å². The van der Waals surface area contributed by atoms with E-state index in [1.54, 1.807) is 0 Å². The summed E-state index contributed by atoms with van der Waals surface area (Å²) >= 11 is 0. The molecule has 0 unspecified atom stereocenters. The molecule has 0 bridgehead atoms. The van der Waals surface area contributed by atoms with Gasteiger partial charge in [0.25, 0.3) is 0 Å². The molecule has 0 saturated carbocycles. The topological polar surface area (TPSA) is 58.9 Å². The highest BCUT2D eigenvalue weighted by Gasteiger charge is 2.13. The standard InChI is InChI=1S/C21H21N3O/c1-2-9-16(14-15-25)19-22-20(17-10-5-3-6-11-17)24-21(23-19)18-12-7-4-8-13-18/h3-13,25H,2,14-15H2,1H3/b16-9+. The van der Waals surface area contributed by atoms with Gasteiger partial charge >= 0.3 is 0 Å². The Bertz CT molecular complexity index is 788. The van der Waals surface area contributed by atoms with E-state index in [1.165, 1.54) is 0 Å². The molecule has 1 N–H and O–H groups in total. The zero-order valence-corrected chi connectivity index (χ0v) is 14.3. The molecule has 0 fully saturated rings. The summed E-state index contributed by atoms with van der Waals surface area (Å²) in [7, 11) is 0. The number of aliphatic hydroxyl groups excluding tert-OH is 1. The molecular formula is C21H21N3O. The molecule has 2 aromatic carbocycles. The number of hydrogen-bond acceptors (Lipinski definition) is 4. The predicted molar refractivity (Wildman–Crippen MR) is 101 cm³/mol. The number of aliphatic hydroxyl groups is 1. The third kappa shape index (κ3) is 4.17. The molecule has 4 heteroatoms. The normalized spacial score (nSPS) is 11.5. The summed E-state index contributed by atoms with van der Waals surface area (Å²) in [6.45, 7) is 2.13. The van der Waals surface area contributed by atoms with Crippen LogP contribution in [0.1, 0.15) is 25.6 Å². The fraction of sp³-hybridized carbons (Fsp3) is 0.190. The van der Waals surface area contributed by atoms with E-state index in [9.17, 15) is 5.11 Å². The third-order valence-electron chi connectivity index (χ3n) is 3.82. The number of hydrogen-bond donors (Lipinski definition) is 1. The van der Waals surface area contributed by atoms with Crippen molar-refractivity contribution in [1.29, 1.82) is 0 Å². The largest absolute Gasteiger partial charge is 0.396 e. The van der Waals surface area contributed by atoms with Gasteiger partial charge in [-0.05, 0) is 18.4 Å². The van der Waals surface area contributed by atoms with Crippen molar-refractivity contribution >= 4 is 5.57 Å². The molecule has 4 nitrogen and oxygen atoms in total. The first-order valence-electron chi connectivity index (χ1n) is 8.49. The van der Waals surface area contributed by atoms with Crippen molar-refractivity contribution in [2.45, 2.75) is 19.8 Å². The van der Waals surface area contributed by atoms with Gasteiger partial charge < -0.3 is 5.11 Å². The summed E-state index contributed by atoms with van der Waals surface area (Å²) < 4.78 is 0.